The first-order valence-corrected chi connectivity index (χ1v) is 13.8. The Morgan fingerprint density at radius 1 is 1.17 bits per heavy atom. The molecule has 0 bridgehead atoms. The number of benzene rings is 1. The number of nitrogens with one attached hydrogen (secondary N) is 1. The molecule has 6 rings (SSSR count). The molecule has 5 heterocycles. The molecule has 35 heavy (non-hydrogen) atoms. The number of aliphatic hydroxyl groups excluding tert-OH is 1. The van der Waals surface area contributed by atoms with E-state index in [-0.39, 0.29) is 24.9 Å². The average Bonchev–Trinajstić information content (AvgIpc) is 3.56. The molecule has 186 valence electrons. The van der Waals surface area contributed by atoms with Crippen molar-refractivity contribution < 1.29 is 23.5 Å². The lowest BCUT2D eigenvalue weighted by molar-refractivity contribution is 0.00706. The van der Waals surface area contributed by atoms with Crippen LogP contribution in [0.3, 0.4) is 0 Å². The van der Waals surface area contributed by atoms with Gasteiger partial charge in [-0.15, -0.1) is 0 Å². The molecule has 3 aliphatic rings. The van der Waals surface area contributed by atoms with Gasteiger partial charge in [0.2, 0.25) is 0 Å². The summed E-state index contributed by atoms with van der Waals surface area (Å²) >= 11 is 6.56. The third kappa shape index (κ3) is 4.25. The topological polar surface area (TPSA) is 122 Å². The van der Waals surface area contributed by atoms with Gasteiger partial charge < -0.3 is 24.2 Å². The third-order valence-corrected chi connectivity index (χ3v) is 9.44. The molecule has 0 aliphatic carbocycles. The summed E-state index contributed by atoms with van der Waals surface area (Å²) in [5, 5.41) is 10.4. The van der Waals surface area contributed by atoms with Gasteiger partial charge in [-0.25, -0.2) is 13.6 Å². The number of fused-ring (bicyclic) bond motifs is 2. The first kappa shape index (κ1) is 23.0. The zero-order valence-corrected chi connectivity index (χ0v) is 20.7. The molecule has 10 nitrogen and oxygen atoms in total. The first-order chi connectivity index (χ1) is 16.9. The zero-order chi connectivity index (χ0) is 24.2. The molecule has 3 aromatic rings. The smallest absolute Gasteiger partial charge is 0.296 e. The molecule has 4 atom stereocenters. The predicted molar refractivity (Wildman–Crippen MR) is 133 cm³/mol. The van der Waals surface area contributed by atoms with Gasteiger partial charge in [-0.2, -0.15) is 4.98 Å². The Morgan fingerprint density at radius 2 is 1.91 bits per heavy atom. The molecule has 3 aliphatic heterocycles. The number of aliphatic hydroxyl groups is 1. The fourth-order valence-electron chi connectivity index (χ4n) is 4.83. The molecule has 2 N–H and O–H groups in total. The Kier molecular flexibility index (Phi) is 5.84. The van der Waals surface area contributed by atoms with Crippen LogP contribution < -0.4 is 9.64 Å². The number of halogens is 1. The number of pyridine rings is 1. The van der Waals surface area contributed by atoms with Crippen molar-refractivity contribution in [2.75, 3.05) is 49.8 Å². The number of anilines is 1. The minimum atomic E-state index is -2.05. The monoisotopic (exact) mass is 519 g/mol. The van der Waals surface area contributed by atoms with E-state index in [4.69, 9.17) is 30.8 Å². The largest absolute Gasteiger partial charge is 0.456 e. The van der Waals surface area contributed by atoms with Gasteiger partial charge >= 0.3 is 0 Å². The van der Waals surface area contributed by atoms with Crippen molar-refractivity contribution >= 4 is 38.2 Å². The van der Waals surface area contributed by atoms with Crippen LogP contribution in [0.25, 0.3) is 22.4 Å². The third-order valence-electron chi connectivity index (χ3n) is 6.85. The quantitative estimate of drug-likeness (QED) is 0.537. The Morgan fingerprint density at radius 3 is 2.66 bits per heavy atom. The predicted octanol–water partition coefficient (Wildman–Crippen LogP) is 2.10. The minimum Gasteiger partial charge on any atom is -0.456 e. The number of H-pyrrole nitrogens is 1. The second kappa shape index (κ2) is 8.90. The molecule has 0 spiro atoms. The molecule has 0 unspecified atom stereocenters. The average molecular weight is 520 g/mol. The molecule has 12 heteroatoms. The van der Waals surface area contributed by atoms with Crippen LogP contribution in [0.4, 0.5) is 5.69 Å². The van der Waals surface area contributed by atoms with E-state index < -0.39 is 15.8 Å². The number of aromatic nitrogens is 3. The summed E-state index contributed by atoms with van der Waals surface area (Å²) in [7, 11) is -0.406. The van der Waals surface area contributed by atoms with Crippen LogP contribution >= 0.6 is 11.6 Å². The highest BCUT2D eigenvalue weighted by Gasteiger charge is 2.48. The van der Waals surface area contributed by atoms with Crippen LogP contribution in [0.15, 0.2) is 34.7 Å². The van der Waals surface area contributed by atoms with E-state index in [2.05, 4.69) is 19.2 Å². The zero-order valence-electron chi connectivity index (χ0n) is 19.1. The molecule has 0 amide bonds. The summed E-state index contributed by atoms with van der Waals surface area (Å²) in [6, 6.07) is 10.1. The Balaban J connectivity index is 1.20. The van der Waals surface area contributed by atoms with Gasteiger partial charge in [-0.05, 0) is 18.2 Å². The van der Waals surface area contributed by atoms with Crippen LogP contribution in [0, 0.1) is 0 Å². The van der Waals surface area contributed by atoms with Crippen molar-refractivity contribution in [3.63, 3.8) is 0 Å². The SMILES string of the molecule is CN=S1(=O)CCN(c2ccc(-c3nc4[nH]c(O[C@@H]5CO[C@H]6[C@@H]5OC[C@H]6O)nc4cc3Cl)cc2)CC1. The fourth-order valence-corrected chi connectivity index (χ4v) is 6.67. The maximum Gasteiger partial charge on any atom is 0.296 e. The van der Waals surface area contributed by atoms with E-state index in [0.29, 0.717) is 46.0 Å². The molecule has 0 saturated carbocycles. The molecular weight excluding hydrogens is 494 g/mol. The van der Waals surface area contributed by atoms with Crippen LogP contribution in [-0.2, 0) is 19.2 Å². The summed E-state index contributed by atoms with van der Waals surface area (Å²) in [5.74, 6) is 1.17. The van der Waals surface area contributed by atoms with Gasteiger partial charge in [0, 0.05) is 52.6 Å². The molecule has 1 aromatic carbocycles. The molecular formula is C23H26ClN5O5S. The number of hydrogen-bond donors (Lipinski definition) is 2. The summed E-state index contributed by atoms with van der Waals surface area (Å²) in [5.41, 5.74) is 3.73. The van der Waals surface area contributed by atoms with E-state index in [1.165, 1.54) is 0 Å². The van der Waals surface area contributed by atoms with Gasteiger partial charge in [-0.1, -0.05) is 23.7 Å². The first-order valence-electron chi connectivity index (χ1n) is 11.5. The van der Waals surface area contributed by atoms with Crippen LogP contribution in [0.5, 0.6) is 6.01 Å². The minimum absolute atomic E-state index is 0.238. The summed E-state index contributed by atoms with van der Waals surface area (Å²) in [6.07, 6.45) is -1.70. The lowest BCUT2D eigenvalue weighted by Crippen LogP contribution is -2.40. The fraction of sp³-hybridized carbons (Fsp3) is 0.478. The lowest BCUT2D eigenvalue weighted by Gasteiger charge is -2.30. The number of aromatic amines is 1. The number of imidazole rings is 1. The summed E-state index contributed by atoms with van der Waals surface area (Å²) < 4.78 is 33.7. The van der Waals surface area contributed by atoms with Gasteiger partial charge in [0.15, 0.2) is 11.8 Å². The highest BCUT2D eigenvalue weighted by molar-refractivity contribution is 7.93. The Hall–Kier alpha value is -2.44. The molecule has 2 aromatic heterocycles. The highest BCUT2D eigenvalue weighted by atomic mass is 35.5. The maximum absolute atomic E-state index is 12.4. The van der Waals surface area contributed by atoms with Crippen molar-refractivity contribution in [3.8, 4) is 17.3 Å². The Labute approximate surface area is 207 Å². The van der Waals surface area contributed by atoms with Crippen LogP contribution in [-0.4, -0.2) is 93.5 Å². The van der Waals surface area contributed by atoms with E-state index in [1.54, 1.807) is 13.1 Å². The second-order valence-corrected chi connectivity index (χ2v) is 12.1. The standard InChI is InChI=1S/C23H26ClN5O5S/c1-25-35(31)8-6-29(7-9-35)14-4-2-13(3-5-14)19-15(24)10-16-22(27-19)28-23(26-16)34-18-12-33-20-17(30)11-32-21(18)20/h2-5,10,17-18,20-21,30H,6-9,11-12H2,1H3,(H,26,27,28)/t17-,18-,20-,21-/m1/s1. The van der Waals surface area contributed by atoms with Crippen molar-refractivity contribution in [1.29, 1.82) is 0 Å². The van der Waals surface area contributed by atoms with Gasteiger partial charge in [-0.3, -0.25) is 4.98 Å². The summed E-state index contributed by atoms with van der Waals surface area (Å²) in [6.45, 7) is 1.99. The maximum atomic E-state index is 12.4. The second-order valence-electron chi connectivity index (χ2n) is 8.95. The highest BCUT2D eigenvalue weighted by Crippen LogP contribution is 2.33. The molecule has 0 radical (unpaired) electrons. The van der Waals surface area contributed by atoms with E-state index >= 15 is 0 Å². The summed E-state index contributed by atoms with van der Waals surface area (Å²) in [4.78, 5) is 14.5. The van der Waals surface area contributed by atoms with Crippen molar-refractivity contribution in [1.82, 2.24) is 15.0 Å². The van der Waals surface area contributed by atoms with E-state index in [9.17, 15) is 9.32 Å². The Bertz CT molecular complexity index is 1360. The molecule has 3 fully saturated rings. The molecule has 3 saturated heterocycles. The van der Waals surface area contributed by atoms with Crippen LogP contribution in [0.1, 0.15) is 0 Å². The number of nitrogens with zero attached hydrogens (tertiary/aromatic N) is 4. The lowest BCUT2D eigenvalue weighted by atomic mass is 10.1. The van der Waals surface area contributed by atoms with Gasteiger partial charge in [0.05, 0.1) is 23.9 Å². The van der Waals surface area contributed by atoms with Gasteiger partial charge in [0.25, 0.3) is 6.01 Å². The van der Waals surface area contributed by atoms with E-state index in [0.717, 1.165) is 24.3 Å². The van der Waals surface area contributed by atoms with E-state index in [1.807, 2.05) is 24.3 Å². The van der Waals surface area contributed by atoms with Gasteiger partial charge in [0.1, 0.15) is 23.8 Å². The van der Waals surface area contributed by atoms with Crippen molar-refractivity contribution in [3.05, 3.63) is 35.4 Å². The van der Waals surface area contributed by atoms with Crippen molar-refractivity contribution in [2.45, 2.75) is 24.4 Å². The normalized spacial score (nSPS) is 27.8. The number of ether oxygens (including phenoxy) is 3. The van der Waals surface area contributed by atoms with Crippen LogP contribution in [0.2, 0.25) is 5.02 Å². The van der Waals surface area contributed by atoms with Crippen molar-refractivity contribution in [2.24, 2.45) is 4.36 Å². The number of rotatable bonds is 4. The number of hydrogen-bond acceptors (Lipinski definition) is 9.